The Hall–Kier alpha value is -0.540. The molecule has 3 nitrogen and oxygen atoms in total. The second-order valence-corrected chi connectivity index (χ2v) is 6.40. The minimum absolute atomic E-state index is 0.171. The van der Waals surface area contributed by atoms with Crippen LogP contribution in [0, 0.1) is 12.3 Å². The van der Waals surface area contributed by atoms with Gasteiger partial charge in [0.15, 0.2) is 0 Å². The van der Waals surface area contributed by atoms with Gasteiger partial charge in [-0.2, -0.15) is 5.10 Å². The molecule has 0 fully saturated rings. The average Bonchev–Trinajstić information content (AvgIpc) is 2.55. The molecule has 0 spiro atoms. The first kappa shape index (κ1) is 15.5. The molecule has 1 aromatic rings. The summed E-state index contributed by atoms with van der Waals surface area (Å²) in [4.78, 5) is 0. The molecule has 2 N–H and O–H groups in total. The second kappa shape index (κ2) is 6.07. The van der Waals surface area contributed by atoms with Gasteiger partial charge >= 0.3 is 0 Å². The lowest BCUT2D eigenvalue weighted by molar-refractivity contribution is 0.300. The fraction of sp³-hybridized carbons (Fsp3) is 0.786. The Morgan fingerprint density at radius 1 is 1.39 bits per heavy atom. The summed E-state index contributed by atoms with van der Waals surface area (Å²) in [5.41, 5.74) is 8.42. The third-order valence-electron chi connectivity index (χ3n) is 3.49. The molecule has 1 aromatic heterocycles. The summed E-state index contributed by atoms with van der Waals surface area (Å²) in [6.07, 6.45) is 3.04. The molecule has 0 aliphatic carbocycles. The topological polar surface area (TPSA) is 43.8 Å². The van der Waals surface area contributed by atoms with Crippen molar-refractivity contribution < 1.29 is 0 Å². The lowest BCUT2D eigenvalue weighted by Crippen LogP contribution is -2.34. The van der Waals surface area contributed by atoms with Gasteiger partial charge in [-0.3, -0.25) is 4.68 Å². The monoisotopic (exact) mass is 271 g/mol. The molecule has 18 heavy (non-hydrogen) atoms. The summed E-state index contributed by atoms with van der Waals surface area (Å²) >= 11 is 6.28. The fourth-order valence-electron chi connectivity index (χ4n) is 2.03. The highest BCUT2D eigenvalue weighted by Gasteiger charge is 2.20. The van der Waals surface area contributed by atoms with Crippen molar-refractivity contribution in [3.8, 4) is 0 Å². The lowest BCUT2D eigenvalue weighted by Gasteiger charge is -2.27. The summed E-state index contributed by atoms with van der Waals surface area (Å²) in [5.74, 6) is 0. The van der Waals surface area contributed by atoms with E-state index in [-0.39, 0.29) is 11.5 Å². The van der Waals surface area contributed by atoms with Crippen molar-refractivity contribution in [2.24, 2.45) is 11.1 Å². The van der Waals surface area contributed by atoms with Crippen molar-refractivity contribution in [1.29, 1.82) is 0 Å². The Bertz CT molecular complexity index is 390. The molecule has 4 heteroatoms. The van der Waals surface area contributed by atoms with Crippen LogP contribution in [0.25, 0.3) is 0 Å². The van der Waals surface area contributed by atoms with Crippen LogP contribution in [-0.2, 0) is 13.0 Å². The minimum Gasteiger partial charge on any atom is -0.327 e. The zero-order chi connectivity index (χ0) is 13.9. The third kappa shape index (κ3) is 3.72. The standard InChI is InChI=1S/C14H26ClN3/c1-6-18-11(13(15)10(2)17-18)8-7-9-12(16)14(3,4)5/h12H,6-9,16H2,1-5H3. The van der Waals surface area contributed by atoms with Gasteiger partial charge in [-0.25, -0.2) is 0 Å². The maximum atomic E-state index is 6.28. The molecule has 1 unspecified atom stereocenters. The van der Waals surface area contributed by atoms with Crippen LogP contribution >= 0.6 is 11.6 Å². The van der Waals surface area contributed by atoms with Gasteiger partial charge in [-0.15, -0.1) is 0 Å². The van der Waals surface area contributed by atoms with E-state index in [2.05, 4.69) is 32.8 Å². The van der Waals surface area contributed by atoms with E-state index in [9.17, 15) is 0 Å². The van der Waals surface area contributed by atoms with E-state index in [1.807, 2.05) is 11.6 Å². The largest absolute Gasteiger partial charge is 0.327 e. The zero-order valence-corrected chi connectivity index (χ0v) is 13.0. The molecule has 0 aromatic carbocycles. The van der Waals surface area contributed by atoms with E-state index >= 15 is 0 Å². The quantitative estimate of drug-likeness (QED) is 0.890. The first-order valence-corrected chi connectivity index (χ1v) is 7.12. The lowest BCUT2D eigenvalue weighted by atomic mass is 9.84. The molecule has 0 saturated heterocycles. The maximum absolute atomic E-state index is 6.28. The predicted molar refractivity (Wildman–Crippen MR) is 78.0 cm³/mol. The van der Waals surface area contributed by atoms with Gasteiger partial charge in [0, 0.05) is 12.6 Å². The van der Waals surface area contributed by atoms with Crippen LogP contribution in [0.4, 0.5) is 0 Å². The summed E-state index contributed by atoms with van der Waals surface area (Å²) < 4.78 is 2.00. The summed E-state index contributed by atoms with van der Waals surface area (Å²) in [5, 5.41) is 5.25. The molecule has 104 valence electrons. The van der Waals surface area contributed by atoms with Crippen molar-refractivity contribution >= 4 is 11.6 Å². The Labute approximate surface area is 116 Å². The normalized spacial score (nSPS) is 13.9. The predicted octanol–water partition coefficient (Wildman–Crippen LogP) is 3.56. The van der Waals surface area contributed by atoms with Crippen molar-refractivity contribution in [2.75, 3.05) is 0 Å². The van der Waals surface area contributed by atoms with Crippen molar-refractivity contribution in [3.05, 3.63) is 16.4 Å². The third-order valence-corrected chi connectivity index (χ3v) is 3.99. The molecule has 0 radical (unpaired) electrons. The van der Waals surface area contributed by atoms with Crippen molar-refractivity contribution in [2.45, 2.75) is 66.5 Å². The van der Waals surface area contributed by atoms with Crippen molar-refractivity contribution in [1.82, 2.24) is 9.78 Å². The van der Waals surface area contributed by atoms with Gasteiger partial charge in [0.05, 0.1) is 16.4 Å². The summed E-state index contributed by atoms with van der Waals surface area (Å²) in [7, 11) is 0. The number of aryl methyl sites for hydroxylation is 2. The Morgan fingerprint density at radius 2 is 2.00 bits per heavy atom. The van der Waals surface area contributed by atoms with Gasteiger partial charge in [0.25, 0.3) is 0 Å². The number of nitrogens with two attached hydrogens (primary N) is 1. The van der Waals surface area contributed by atoms with E-state index in [0.717, 1.165) is 42.2 Å². The van der Waals surface area contributed by atoms with Gasteiger partial charge in [-0.05, 0) is 38.5 Å². The molecule has 1 heterocycles. The van der Waals surface area contributed by atoms with Crippen LogP contribution in [-0.4, -0.2) is 15.8 Å². The maximum Gasteiger partial charge on any atom is 0.0847 e. The second-order valence-electron chi connectivity index (χ2n) is 6.03. The van der Waals surface area contributed by atoms with Crippen LogP contribution < -0.4 is 5.73 Å². The first-order chi connectivity index (χ1) is 8.27. The Balaban J connectivity index is 2.59. The molecule has 0 amide bonds. The van der Waals surface area contributed by atoms with Crippen LogP contribution in [0.15, 0.2) is 0 Å². The van der Waals surface area contributed by atoms with Crippen LogP contribution in [0.2, 0.25) is 5.02 Å². The molecule has 0 aliphatic heterocycles. The molecular formula is C14H26ClN3. The highest BCUT2D eigenvalue weighted by Crippen LogP contribution is 2.25. The minimum atomic E-state index is 0.171. The van der Waals surface area contributed by atoms with Crippen LogP contribution in [0.1, 0.15) is 51.9 Å². The number of nitrogens with zero attached hydrogens (tertiary/aromatic N) is 2. The zero-order valence-electron chi connectivity index (χ0n) is 12.3. The first-order valence-electron chi connectivity index (χ1n) is 6.74. The fourth-order valence-corrected chi connectivity index (χ4v) is 2.26. The molecular weight excluding hydrogens is 246 g/mol. The molecule has 0 bridgehead atoms. The SMILES string of the molecule is CCn1nc(C)c(Cl)c1CCCC(N)C(C)(C)C. The van der Waals surface area contributed by atoms with E-state index in [1.54, 1.807) is 0 Å². The van der Waals surface area contributed by atoms with Crippen LogP contribution in [0.5, 0.6) is 0 Å². The van der Waals surface area contributed by atoms with Gasteiger partial charge in [0.2, 0.25) is 0 Å². The highest BCUT2D eigenvalue weighted by atomic mass is 35.5. The van der Waals surface area contributed by atoms with E-state index < -0.39 is 0 Å². The van der Waals surface area contributed by atoms with Gasteiger partial charge < -0.3 is 5.73 Å². The van der Waals surface area contributed by atoms with Gasteiger partial charge in [0.1, 0.15) is 0 Å². The number of hydrogen-bond acceptors (Lipinski definition) is 2. The van der Waals surface area contributed by atoms with E-state index in [1.165, 1.54) is 0 Å². The molecule has 1 rings (SSSR count). The smallest absolute Gasteiger partial charge is 0.0847 e. The van der Waals surface area contributed by atoms with Crippen LogP contribution in [0.3, 0.4) is 0 Å². The number of halogens is 1. The Morgan fingerprint density at radius 3 is 2.50 bits per heavy atom. The Kier molecular flexibility index (Phi) is 5.23. The van der Waals surface area contributed by atoms with Crippen molar-refractivity contribution in [3.63, 3.8) is 0 Å². The van der Waals surface area contributed by atoms with E-state index in [0.29, 0.717) is 0 Å². The highest BCUT2D eigenvalue weighted by molar-refractivity contribution is 6.31. The van der Waals surface area contributed by atoms with E-state index in [4.69, 9.17) is 17.3 Å². The van der Waals surface area contributed by atoms with Gasteiger partial charge in [-0.1, -0.05) is 32.4 Å². The number of aromatic nitrogens is 2. The molecule has 0 aliphatic rings. The average molecular weight is 272 g/mol. The number of hydrogen-bond donors (Lipinski definition) is 1. The summed E-state index contributed by atoms with van der Waals surface area (Å²) in [6, 6.07) is 0.232. The molecule has 0 saturated carbocycles. The molecule has 1 atom stereocenters. The summed E-state index contributed by atoms with van der Waals surface area (Å²) in [6.45, 7) is 11.5. The number of rotatable bonds is 5.